The maximum Gasteiger partial charge on any atom is -0.0238 e. The largest absolute Gasteiger partial charge is 0.0651 e. The van der Waals surface area contributed by atoms with Crippen molar-refractivity contribution >= 4 is 0 Å². The number of hydrogen-bond donors (Lipinski definition) is 0. The first-order valence-corrected chi connectivity index (χ1v) is 5.74. The second kappa shape index (κ2) is 7.70. The molecule has 0 saturated carbocycles. The van der Waals surface area contributed by atoms with E-state index in [1.54, 1.807) is 0 Å². The molecule has 16 heavy (non-hydrogen) atoms. The van der Waals surface area contributed by atoms with Crippen LogP contribution in [-0.4, -0.2) is 0 Å². The quantitative estimate of drug-likeness (QED) is 0.685. The van der Waals surface area contributed by atoms with Crippen LogP contribution in [-0.2, 0) is 6.42 Å². The Kier molecular flexibility index (Phi) is 6.02. The van der Waals surface area contributed by atoms with Gasteiger partial charge < -0.3 is 0 Å². The van der Waals surface area contributed by atoms with E-state index in [2.05, 4.69) is 44.2 Å². The van der Waals surface area contributed by atoms with Gasteiger partial charge in [-0.1, -0.05) is 74.0 Å². The van der Waals surface area contributed by atoms with Crippen LogP contribution in [0, 0.1) is 6.92 Å². The van der Waals surface area contributed by atoms with Crippen molar-refractivity contribution < 1.29 is 0 Å². The van der Waals surface area contributed by atoms with E-state index in [0.29, 0.717) is 0 Å². The maximum atomic E-state index is 3.72. The first-order chi connectivity index (χ1) is 7.83. The lowest BCUT2D eigenvalue weighted by molar-refractivity contribution is 0.922. The third kappa shape index (κ3) is 5.35. The van der Waals surface area contributed by atoms with Crippen LogP contribution < -0.4 is 0 Å². The van der Waals surface area contributed by atoms with Gasteiger partial charge in [0.2, 0.25) is 0 Å². The van der Waals surface area contributed by atoms with Crippen molar-refractivity contribution in [3.05, 3.63) is 78.7 Å². The average molecular weight is 211 g/mol. The Morgan fingerprint density at radius 3 is 1.69 bits per heavy atom. The first kappa shape index (κ1) is 12.5. The van der Waals surface area contributed by atoms with Crippen LogP contribution in [0.25, 0.3) is 0 Å². The molecule has 0 N–H and O–H groups in total. The van der Waals surface area contributed by atoms with Gasteiger partial charge in [0, 0.05) is 0 Å². The third-order valence-corrected chi connectivity index (χ3v) is 2.22. The predicted octanol–water partition coefficient (Wildman–Crippen LogP) is 4.51. The van der Waals surface area contributed by atoms with Gasteiger partial charge >= 0.3 is 0 Å². The van der Waals surface area contributed by atoms with Crippen molar-refractivity contribution in [2.24, 2.45) is 0 Å². The molecule has 0 spiro atoms. The molecule has 0 aromatic heterocycles. The van der Waals surface area contributed by atoms with Gasteiger partial charge in [0.05, 0.1) is 0 Å². The van der Waals surface area contributed by atoms with E-state index in [1.807, 2.05) is 30.3 Å². The van der Waals surface area contributed by atoms with E-state index in [-0.39, 0.29) is 0 Å². The highest BCUT2D eigenvalue weighted by atomic mass is 13.9. The molecule has 0 aliphatic carbocycles. The molecule has 2 aromatic carbocycles. The Balaban J connectivity index is 0.000000165. The Bertz CT molecular complexity index is 362. The molecular weight excluding hydrogens is 192 g/mol. The Morgan fingerprint density at radius 2 is 1.31 bits per heavy atom. The number of aryl methyl sites for hydroxylation is 1. The van der Waals surface area contributed by atoms with Gasteiger partial charge in [-0.3, -0.25) is 0 Å². The van der Waals surface area contributed by atoms with Crippen LogP contribution in [0.5, 0.6) is 0 Å². The van der Waals surface area contributed by atoms with Gasteiger partial charge in [0.25, 0.3) is 0 Å². The molecule has 0 fully saturated rings. The molecule has 0 aliphatic rings. The van der Waals surface area contributed by atoms with Gasteiger partial charge in [-0.05, 0) is 24.5 Å². The fraction of sp³-hybridized carbons (Fsp3) is 0.188. The predicted molar refractivity (Wildman–Crippen MR) is 71.3 cm³/mol. The van der Waals surface area contributed by atoms with Gasteiger partial charge in [0.15, 0.2) is 0 Å². The van der Waals surface area contributed by atoms with Crippen LogP contribution >= 0.6 is 0 Å². The molecular formula is C16H19. The van der Waals surface area contributed by atoms with Gasteiger partial charge in [-0.2, -0.15) is 0 Å². The molecule has 0 bridgehead atoms. The topological polar surface area (TPSA) is 0 Å². The molecule has 0 heterocycles. The smallest absolute Gasteiger partial charge is 0.0238 e. The molecule has 0 heteroatoms. The molecule has 0 nitrogen and oxygen atoms in total. The van der Waals surface area contributed by atoms with Crippen molar-refractivity contribution in [3.63, 3.8) is 0 Å². The lowest BCUT2D eigenvalue weighted by Gasteiger charge is -1.93. The van der Waals surface area contributed by atoms with E-state index in [9.17, 15) is 0 Å². The highest BCUT2D eigenvalue weighted by molar-refractivity contribution is 5.16. The van der Waals surface area contributed by atoms with Crippen molar-refractivity contribution in [3.8, 4) is 0 Å². The summed E-state index contributed by atoms with van der Waals surface area (Å²) in [5.74, 6) is 0. The summed E-state index contributed by atoms with van der Waals surface area (Å²) in [6, 6.07) is 20.4. The molecule has 0 amide bonds. The first-order valence-electron chi connectivity index (χ1n) is 5.74. The minimum Gasteiger partial charge on any atom is -0.0651 e. The average Bonchev–Trinajstić information content (AvgIpc) is 2.33. The second-order valence-electron chi connectivity index (χ2n) is 3.72. The van der Waals surface area contributed by atoms with Gasteiger partial charge in [-0.15, -0.1) is 0 Å². The molecule has 0 atom stereocenters. The Morgan fingerprint density at radius 1 is 0.812 bits per heavy atom. The van der Waals surface area contributed by atoms with E-state index in [1.165, 1.54) is 18.4 Å². The molecule has 0 aliphatic heterocycles. The highest BCUT2D eigenvalue weighted by Gasteiger charge is 1.84. The molecule has 2 aromatic rings. The summed E-state index contributed by atoms with van der Waals surface area (Å²) < 4.78 is 0. The van der Waals surface area contributed by atoms with Gasteiger partial charge in [-0.25, -0.2) is 0 Å². The highest BCUT2D eigenvalue weighted by Crippen LogP contribution is 2.00. The summed E-state index contributed by atoms with van der Waals surface area (Å²) in [4.78, 5) is 0. The standard InChI is InChI=1S/C9H12.C7H7/c1-2-6-9-7-4-3-5-8-9;1-7-5-3-2-4-6-7/h3-5,7-8H,2,6H2,1H3;2-6H,1H2. The van der Waals surface area contributed by atoms with Gasteiger partial charge in [0.1, 0.15) is 0 Å². The van der Waals surface area contributed by atoms with Crippen LogP contribution in [0.15, 0.2) is 60.7 Å². The summed E-state index contributed by atoms with van der Waals surface area (Å²) in [5, 5.41) is 0. The Labute approximate surface area is 99.0 Å². The van der Waals surface area contributed by atoms with E-state index >= 15 is 0 Å². The van der Waals surface area contributed by atoms with Crippen LogP contribution in [0.3, 0.4) is 0 Å². The van der Waals surface area contributed by atoms with E-state index in [0.717, 1.165) is 5.56 Å². The summed E-state index contributed by atoms with van der Waals surface area (Å²) in [6.07, 6.45) is 2.45. The lowest BCUT2D eigenvalue weighted by Crippen LogP contribution is -1.78. The van der Waals surface area contributed by atoms with Crippen molar-refractivity contribution in [2.45, 2.75) is 19.8 Å². The van der Waals surface area contributed by atoms with Crippen molar-refractivity contribution in [1.82, 2.24) is 0 Å². The molecule has 2 rings (SSSR count). The molecule has 0 saturated heterocycles. The fourth-order valence-electron chi connectivity index (χ4n) is 1.41. The SMILES string of the molecule is CCCc1ccccc1.[CH2]c1ccccc1. The van der Waals surface area contributed by atoms with E-state index < -0.39 is 0 Å². The number of hydrogen-bond acceptors (Lipinski definition) is 0. The van der Waals surface area contributed by atoms with E-state index in [4.69, 9.17) is 0 Å². The monoisotopic (exact) mass is 211 g/mol. The van der Waals surface area contributed by atoms with Crippen LogP contribution in [0.1, 0.15) is 24.5 Å². The fourth-order valence-corrected chi connectivity index (χ4v) is 1.41. The number of rotatable bonds is 2. The molecule has 1 radical (unpaired) electrons. The summed E-state index contributed by atoms with van der Waals surface area (Å²) >= 11 is 0. The minimum atomic E-state index is 1.07. The van der Waals surface area contributed by atoms with Crippen molar-refractivity contribution in [2.75, 3.05) is 0 Å². The summed E-state index contributed by atoms with van der Waals surface area (Å²) in [7, 11) is 0. The van der Waals surface area contributed by atoms with Crippen LogP contribution in [0.2, 0.25) is 0 Å². The molecule has 0 unspecified atom stereocenters. The van der Waals surface area contributed by atoms with Crippen LogP contribution in [0.4, 0.5) is 0 Å². The lowest BCUT2D eigenvalue weighted by atomic mass is 10.1. The molecule has 83 valence electrons. The number of benzene rings is 2. The Hall–Kier alpha value is -1.56. The summed E-state index contributed by atoms with van der Waals surface area (Å²) in [5.41, 5.74) is 2.52. The normalized spacial score (nSPS) is 9.12. The summed E-state index contributed by atoms with van der Waals surface area (Å²) in [6.45, 7) is 5.92. The third-order valence-electron chi connectivity index (χ3n) is 2.22. The zero-order chi connectivity index (χ0) is 11.6. The minimum absolute atomic E-state index is 1.07. The zero-order valence-corrected chi connectivity index (χ0v) is 9.89. The zero-order valence-electron chi connectivity index (χ0n) is 9.89. The maximum absolute atomic E-state index is 3.72. The van der Waals surface area contributed by atoms with Crippen molar-refractivity contribution in [1.29, 1.82) is 0 Å². The second-order valence-corrected chi connectivity index (χ2v) is 3.72.